The molecule has 2 aliphatic heterocycles. The van der Waals surface area contributed by atoms with Crippen molar-refractivity contribution in [1.82, 2.24) is 9.80 Å². The number of hydrogen-bond acceptors (Lipinski definition) is 2. The van der Waals surface area contributed by atoms with Crippen molar-refractivity contribution in [2.45, 2.75) is 19.8 Å². The van der Waals surface area contributed by atoms with Gasteiger partial charge >= 0.3 is 0 Å². The molecule has 2 heterocycles. The Labute approximate surface area is 81.9 Å². The number of likely N-dealkylation sites (tertiary alicyclic amines) is 2. The van der Waals surface area contributed by atoms with E-state index in [4.69, 9.17) is 0 Å². The number of nitrogens with zero attached hydrogens (tertiary/aromatic N) is 2. The second-order valence-corrected chi connectivity index (χ2v) is 5.43. The SMILES string of the molecule is CN1CCC[C@H]2CN(C)C[C@]2(C)C1. The van der Waals surface area contributed by atoms with Crippen molar-refractivity contribution in [2.75, 3.05) is 40.3 Å². The third kappa shape index (κ3) is 1.75. The van der Waals surface area contributed by atoms with Gasteiger partial charge in [-0.1, -0.05) is 6.92 Å². The van der Waals surface area contributed by atoms with Gasteiger partial charge < -0.3 is 9.80 Å². The maximum absolute atomic E-state index is 2.51. The Bertz CT molecular complexity index is 193. The lowest BCUT2D eigenvalue weighted by molar-refractivity contribution is 0.183. The van der Waals surface area contributed by atoms with Crippen molar-refractivity contribution in [3.63, 3.8) is 0 Å². The van der Waals surface area contributed by atoms with Crippen LogP contribution in [0.15, 0.2) is 0 Å². The first kappa shape index (κ1) is 9.47. The van der Waals surface area contributed by atoms with Crippen molar-refractivity contribution in [3.8, 4) is 0 Å². The monoisotopic (exact) mass is 182 g/mol. The molecule has 2 rings (SSSR count). The van der Waals surface area contributed by atoms with Crippen molar-refractivity contribution in [1.29, 1.82) is 0 Å². The van der Waals surface area contributed by atoms with Crippen LogP contribution in [0.1, 0.15) is 19.8 Å². The van der Waals surface area contributed by atoms with Crippen LogP contribution >= 0.6 is 0 Å². The molecule has 76 valence electrons. The van der Waals surface area contributed by atoms with E-state index in [0.29, 0.717) is 5.41 Å². The van der Waals surface area contributed by atoms with Gasteiger partial charge in [0.15, 0.2) is 0 Å². The van der Waals surface area contributed by atoms with Crippen LogP contribution in [-0.2, 0) is 0 Å². The van der Waals surface area contributed by atoms with E-state index in [0.717, 1.165) is 5.92 Å². The Morgan fingerprint density at radius 3 is 2.62 bits per heavy atom. The second-order valence-electron chi connectivity index (χ2n) is 5.43. The molecule has 0 radical (unpaired) electrons. The molecule has 0 aromatic carbocycles. The Kier molecular flexibility index (Phi) is 2.37. The lowest BCUT2D eigenvalue weighted by Gasteiger charge is -2.31. The Balaban J connectivity index is 2.12. The van der Waals surface area contributed by atoms with E-state index in [1.807, 2.05) is 0 Å². The Morgan fingerprint density at radius 2 is 1.85 bits per heavy atom. The maximum Gasteiger partial charge on any atom is 0.00478 e. The highest BCUT2D eigenvalue weighted by Crippen LogP contribution is 2.40. The summed E-state index contributed by atoms with van der Waals surface area (Å²) in [6.07, 6.45) is 2.83. The zero-order valence-electron chi connectivity index (χ0n) is 9.21. The molecule has 0 aliphatic carbocycles. The van der Waals surface area contributed by atoms with E-state index in [9.17, 15) is 0 Å². The molecule has 2 aliphatic rings. The summed E-state index contributed by atoms with van der Waals surface area (Å²) in [6, 6.07) is 0. The molecule has 0 saturated carbocycles. The lowest BCUT2D eigenvalue weighted by Crippen LogP contribution is -2.36. The van der Waals surface area contributed by atoms with Crippen LogP contribution in [0.25, 0.3) is 0 Å². The zero-order valence-corrected chi connectivity index (χ0v) is 9.21. The Morgan fingerprint density at radius 1 is 1.15 bits per heavy atom. The third-order valence-corrected chi connectivity index (χ3v) is 3.87. The minimum absolute atomic E-state index is 0.569. The van der Waals surface area contributed by atoms with Crippen molar-refractivity contribution in [2.24, 2.45) is 11.3 Å². The highest BCUT2D eigenvalue weighted by molar-refractivity contribution is 4.95. The van der Waals surface area contributed by atoms with Crippen LogP contribution in [-0.4, -0.2) is 50.1 Å². The highest BCUT2D eigenvalue weighted by atomic mass is 15.2. The van der Waals surface area contributed by atoms with E-state index in [-0.39, 0.29) is 0 Å². The molecule has 0 unspecified atom stereocenters. The van der Waals surface area contributed by atoms with Crippen LogP contribution in [0.5, 0.6) is 0 Å². The molecule has 13 heavy (non-hydrogen) atoms. The molecule has 2 nitrogen and oxygen atoms in total. The van der Waals surface area contributed by atoms with Gasteiger partial charge in [-0.15, -0.1) is 0 Å². The van der Waals surface area contributed by atoms with Crippen molar-refractivity contribution < 1.29 is 0 Å². The summed E-state index contributed by atoms with van der Waals surface area (Å²) in [4.78, 5) is 5.02. The second kappa shape index (κ2) is 3.25. The molecule has 2 fully saturated rings. The van der Waals surface area contributed by atoms with Crippen LogP contribution in [0.4, 0.5) is 0 Å². The van der Waals surface area contributed by atoms with Crippen LogP contribution in [0, 0.1) is 11.3 Å². The molecule has 2 saturated heterocycles. The average molecular weight is 182 g/mol. The molecule has 2 atom stereocenters. The summed E-state index contributed by atoms with van der Waals surface area (Å²) in [5.74, 6) is 0.947. The number of rotatable bonds is 0. The van der Waals surface area contributed by atoms with Gasteiger partial charge in [0, 0.05) is 19.6 Å². The van der Waals surface area contributed by atoms with Crippen LogP contribution < -0.4 is 0 Å². The maximum atomic E-state index is 2.51. The molecular weight excluding hydrogens is 160 g/mol. The largest absolute Gasteiger partial charge is 0.306 e. The van der Waals surface area contributed by atoms with E-state index in [1.54, 1.807) is 0 Å². The fourth-order valence-electron chi connectivity index (χ4n) is 3.33. The highest BCUT2D eigenvalue weighted by Gasteiger charge is 2.42. The smallest absolute Gasteiger partial charge is 0.00478 e. The topological polar surface area (TPSA) is 6.48 Å². The van der Waals surface area contributed by atoms with Crippen LogP contribution in [0.3, 0.4) is 0 Å². The Hall–Kier alpha value is -0.0800. The van der Waals surface area contributed by atoms with Gasteiger partial charge in [-0.25, -0.2) is 0 Å². The minimum Gasteiger partial charge on any atom is -0.306 e. The van der Waals surface area contributed by atoms with Gasteiger partial charge in [0.1, 0.15) is 0 Å². The molecule has 0 aromatic heterocycles. The zero-order chi connectivity index (χ0) is 9.47. The summed E-state index contributed by atoms with van der Waals surface area (Å²) < 4.78 is 0. The molecule has 0 bridgehead atoms. The molecule has 2 heteroatoms. The van der Waals surface area contributed by atoms with Crippen molar-refractivity contribution >= 4 is 0 Å². The summed E-state index contributed by atoms with van der Waals surface area (Å²) in [6.45, 7) is 7.69. The molecular formula is C11H22N2. The quantitative estimate of drug-likeness (QED) is 0.557. The fraction of sp³-hybridized carbons (Fsp3) is 1.00. The van der Waals surface area contributed by atoms with Gasteiger partial charge in [-0.2, -0.15) is 0 Å². The van der Waals surface area contributed by atoms with E-state index in [2.05, 4.69) is 30.8 Å². The predicted octanol–water partition coefficient (Wildman–Crippen LogP) is 1.28. The molecule has 0 spiro atoms. The predicted molar refractivity (Wildman–Crippen MR) is 55.8 cm³/mol. The minimum atomic E-state index is 0.569. The fourth-order valence-corrected chi connectivity index (χ4v) is 3.33. The van der Waals surface area contributed by atoms with Gasteiger partial charge in [0.05, 0.1) is 0 Å². The average Bonchev–Trinajstić information content (AvgIpc) is 2.18. The van der Waals surface area contributed by atoms with Crippen molar-refractivity contribution in [3.05, 3.63) is 0 Å². The van der Waals surface area contributed by atoms with Gasteiger partial charge in [-0.3, -0.25) is 0 Å². The normalized spacial score (nSPS) is 43.2. The molecule has 0 aromatic rings. The summed E-state index contributed by atoms with van der Waals surface area (Å²) >= 11 is 0. The standard InChI is InChI=1S/C11H22N2/c1-11-8-12(2)6-4-5-10(11)7-13(3)9-11/h10H,4-9H2,1-3H3/t10-,11-/m0/s1. The van der Waals surface area contributed by atoms with E-state index in [1.165, 1.54) is 39.0 Å². The first-order chi connectivity index (χ1) is 6.10. The van der Waals surface area contributed by atoms with Gasteiger partial charge in [0.25, 0.3) is 0 Å². The molecule has 0 N–H and O–H groups in total. The number of hydrogen-bond donors (Lipinski definition) is 0. The van der Waals surface area contributed by atoms with Crippen LogP contribution in [0.2, 0.25) is 0 Å². The first-order valence-electron chi connectivity index (χ1n) is 5.47. The third-order valence-electron chi connectivity index (χ3n) is 3.87. The summed E-state index contributed by atoms with van der Waals surface area (Å²) in [5.41, 5.74) is 0.569. The van der Waals surface area contributed by atoms with E-state index >= 15 is 0 Å². The lowest BCUT2D eigenvalue weighted by atomic mass is 9.78. The number of fused-ring (bicyclic) bond motifs is 1. The van der Waals surface area contributed by atoms with Gasteiger partial charge in [-0.05, 0) is 44.8 Å². The first-order valence-corrected chi connectivity index (χ1v) is 5.47. The van der Waals surface area contributed by atoms with E-state index < -0.39 is 0 Å². The van der Waals surface area contributed by atoms with Gasteiger partial charge in [0.2, 0.25) is 0 Å². The summed E-state index contributed by atoms with van der Waals surface area (Å²) in [5, 5.41) is 0. The molecule has 0 amide bonds. The summed E-state index contributed by atoms with van der Waals surface area (Å²) in [7, 11) is 4.53.